The molecule has 0 radical (unpaired) electrons. The first kappa shape index (κ1) is 16.1. The number of primary amides is 1. The monoisotopic (exact) mass is 351 g/mol. The number of amides is 1. The third kappa shape index (κ3) is 3.15. The summed E-state index contributed by atoms with van der Waals surface area (Å²) in [7, 11) is -3.56. The highest BCUT2D eigenvalue weighted by Gasteiger charge is 2.29. The number of hydrogen-bond donors (Lipinski definition) is 1. The molecule has 0 fully saturated rings. The van der Waals surface area contributed by atoms with E-state index < -0.39 is 15.9 Å². The first-order valence-corrected chi connectivity index (χ1v) is 9.49. The van der Waals surface area contributed by atoms with Gasteiger partial charge in [0.05, 0.1) is 17.1 Å². The zero-order valence-electron chi connectivity index (χ0n) is 12.7. The molecule has 2 heterocycles. The van der Waals surface area contributed by atoms with Gasteiger partial charge in [-0.05, 0) is 31.9 Å². The number of rotatable bonds is 3. The number of nitrogens with zero attached hydrogens (tertiary/aromatic N) is 2. The summed E-state index contributed by atoms with van der Waals surface area (Å²) in [4.78, 5) is 16.6. The fourth-order valence-electron chi connectivity index (χ4n) is 2.53. The summed E-state index contributed by atoms with van der Waals surface area (Å²) in [5, 5.41) is 0.240. The van der Waals surface area contributed by atoms with Crippen LogP contribution in [-0.2, 0) is 23.0 Å². The van der Waals surface area contributed by atoms with Crippen LogP contribution in [0, 0.1) is 6.92 Å². The molecule has 1 amide bonds. The number of hydrogen-bond acceptors (Lipinski definition) is 5. The lowest BCUT2D eigenvalue weighted by atomic mass is 10.2. The van der Waals surface area contributed by atoms with Gasteiger partial charge in [0, 0.05) is 11.4 Å². The van der Waals surface area contributed by atoms with Gasteiger partial charge in [0.1, 0.15) is 0 Å². The van der Waals surface area contributed by atoms with Crippen molar-refractivity contribution in [3.63, 3.8) is 0 Å². The fourth-order valence-corrected chi connectivity index (χ4v) is 5.04. The number of carbonyl (C=O) groups is 1. The molecule has 0 saturated heterocycles. The van der Waals surface area contributed by atoms with Gasteiger partial charge in [-0.1, -0.05) is 17.7 Å². The van der Waals surface area contributed by atoms with Crippen LogP contribution in [0.2, 0.25) is 0 Å². The fraction of sp³-hybridized carbons (Fsp3) is 0.333. The normalized spacial score (nSPS) is 15.9. The van der Waals surface area contributed by atoms with Gasteiger partial charge in [-0.25, -0.2) is 13.4 Å². The highest BCUT2D eigenvalue weighted by Crippen LogP contribution is 2.28. The second kappa shape index (κ2) is 6.03. The molecule has 1 aliphatic rings. The smallest absolute Gasteiger partial charge is 0.277 e. The third-order valence-corrected chi connectivity index (χ3v) is 6.75. The highest BCUT2D eigenvalue weighted by molar-refractivity contribution is 7.89. The molecule has 1 aromatic carbocycles. The largest absolute Gasteiger partial charge is 0.364 e. The van der Waals surface area contributed by atoms with E-state index in [1.807, 2.05) is 6.92 Å². The Morgan fingerprint density at radius 2 is 2.00 bits per heavy atom. The predicted molar refractivity (Wildman–Crippen MR) is 87.7 cm³/mol. The molecule has 0 atom stereocenters. The molecule has 8 heteroatoms. The van der Waals surface area contributed by atoms with E-state index in [2.05, 4.69) is 4.98 Å². The van der Waals surface area contributed by atoms with Crippen LogP contribution < -0.4 is 5.73 Å². The molecule has 0 spiro atoms. The predicted octanol–water partition coefficient (Wildman–Crippen LogP) is 1.69. The minimum atomic E-state index is -3.56. The molecule has 2 N–H and O–H groups in total. The van der Waals surface area contributed by atoms with Crippen molar-refractivity contribution >= 4 is 27.3 Å². The topological polar surface area (TPSA) is 93.4 Å². The van der Waals surface area contributed by atoms with E-state index in [0.29, 0.717) is 19.4 Å². The SMILES string of the molecule is Cc1ccc(S(=O)(=O)N2CCCc3nc(C(N)=O)sc3C2)cc1. The van der Waals surface area contributed by atoms with Crippen LogP contribution in [0.25, 0.3) is 0 Å². The van der Waals surface area contributed by atoms with Gasteiger partial charge < -0.3 is 5.73 Å². The Kier molecular flexibility index (Phi) is 4.22. The van der Waals surface area contributed by atoms with E-state index in [1.165, 1.54) is 15.6 Å². The lowest BCUT2D eigenvalue weighted by molar-refractivity contribution is 0.0999. The van der Waals surface area contributed by atoms with Crippen molar-refractivity contribution in [3.8, 4) is 0 Å². The van der Waals surface area contributed by atoms with Crippen LogP contribution in [0.15, 0.2) is 29.2 Å². The molecule has 0 bridgehead atoms. The van der Waals surface area contributed by atoms with E-state index in [-0.39, 0.29) is 16.4 Å². The molecule has 2 aromatic rings. The number of benzene rings is 1. The Balaban J connectivity index is 1.93. The van der Waals surface area contributed by atoms with Gasteiger partial charge in [-0.3, -0.25) is 4.79 Å². The van der Waals surface area contributed by atoms with Crippen molar-refractivity contribution in [1.29, 1.82) is 0 Å². The van der Waals surface area contributed by atoms with Crippen LogP contribution in [0.4, 0.5) is 0 Å². The summed E-state index contributed by atoms with van der Waals surface area (Å²) in [5.74, 6) is -0.573. The lowest BCUT2D eigenvalue weighted by Crippen LogP contribution is -2.30. The molecule has 122 valence electrons. The maximum absolute atomic E-state index is 12.8. The van der Waals surface area contributed by atoms with Gasteiger partial charge in [0.15, 0.2) is 5.01 Å². The van der Waals surface area contributed by atoms with Crippen LogP contribution in [-0.4, -0.2) is 30.2 Å². The number of fused-ring (bicyclic) bond motifs is 1. The van der Waals surface area contributed by atoms with Crippen molar-refractivity contribution in [1.82, 2.24) is 9.29 Å². The summed E-state index contributed by atoms with van der Waals surface area (Å²) in [6, 6.07) is 6.82. The number of sulfonamides is 1. The molecule has 23 heavy (non-hydrogen) atoms. The molecule has 0 aliphatic carbocycles. The van der Waals surface area contributed by atoms with Crippen LogP contribution in [0.5, 0.6) is 0 Å². The molecule has 0 unspecified atom stereocenters. The van der Waals surface area contributed by atoms with E-state index in [4.69, 9.17) is 5.73 Å². The minimum absolute atomic E-state index is 0.233. The molecular weight excluding hydrogens is 334 g/mol. The van der Waals surface area contributed by atoms with E-state index >= 15 is 0 Å². The van der Waals surface area contributed by atoms with Crippen LogP contribution >= 0.6 is 11.3 Å². The summed E-state index contributed by atoms with van der Waals surface area (Å²) in [6.45, 7) is 2.58. The third-order valence-electron chi connectivity index (χ3n) is 3.79. The average Bonchev–Trinajstić information content (AvgIpc) is 2.80. The van der Waals surface area contributed by atoms with Crippen molar-refractivity contribution in [2.75, 3.05) is 6.54 Å². The number of nitrogens with two attached hydrogens (primary N) is 1. The van der Waals surface area contributed by atoms with Crippen molar-refractivity contribution in [2.45, 2.75) is 31.2 Å². The summed E-state index contributed by atoms with van der Waals surface area (Å²) < 4.78 is 27.1. The quantitative estimate of drug-likeness (QED) is 0.910. The van der Waals surface area contributed by atoms with Crippen molar-refractivity contribution in [3.05, 3.63) is 45.4 Å². The Morgan fingerprint density at radius 1 is 1.30 bits per heavy atom. The number of thiazole rings is 1. The number of aromatic nitrogens is 1. The summed E-state index contributed by atoms with van der Waals surface area (Å²) in [6.07, 6.45) is 1.32. The minimum Gasteiger partial charge on any atom is -0.364 e. The maximum atomic E-state index is 12.8. The number of aryl methyl sites for hydroxylation is 2. The van der Waals surface area contributed by atoms with Crippen molar-refractivity contribution in [2.24, 2.45) is 5.73 Å². The maximum Gasteiger partial charge on any atom is 0.277 e. The molecule has 1 aromatic heterocycles. The first-order chi connectivity index (χ1) is 10.9. The van der Waals surface area contributed by atoms with E-state index in [1.54, 1.807) is 24.3 Å². The summed E-state index contributed by atoms with van der Waals surface area (Å²) in [5.41, 5.74) is 7.06. The van der Waals surface area contributed by atoms with Gasteiger partial charge in [0.25, 0.3) is 5.91 Å². The van der Waals surface area contributed by atoms with E-state index in [0.717, 1.165) is 16.1 Å². The molecule has 1 aliphatic heterocycles. The van der Waals surface area contributed by atoms with Crippen molar-refractivity contribution < 1.29 is 13.2 Å². The standard InChI is InChI=1S/C15H17N3O3S2/c1-10-4-6-11(7-5-10)23(20,21)18-8-2-3-12-13(9-18)22-15(17-12)14(16)19/h4-7H,2-3,8-9H2,1H3,(H2,16,19). The number of carbonyl (C=O) groups excluding carboxylic acids is 1. The summed E-state index contributed by atoms with van der Waals surface area (Å²) >= 11 is 1.18. The van der Waals surface area contributed by atoms with Gasteiger partial charge in [0.2, 0.25) is 10.0 Å². The zero-order chi connectivity index (χ0) is 16.6. The zero-order valence-corrected chi connectivity index (χ0v) is 14.3. The lowest BCUT2D eigenvalue weighted by Gasteiger charge is -2.20. The molecule has 0 saturated carbocycles. The molecule has 6 nitrogen and oxygen atoms in total. The van der Waals surface area contributed by atoms with Gasteiger partial charge in [-0.15, -0.1) is 11.3 Å². The van der Waals surface area contributed by atoms with Crippen LogP contribution in [0.3, 0.4) is 0 Å². The Bertz CT molecular complexity index is 841. The second-order valence-corrected chi connectivity index (χ2v) is 8.53. The Labute approximate surface area is 139 Å². The van der Waals surface area contributed by atoms with Gasteiger partial charge in [-0.2, -0.15) is 4.31 Å². The van der Waals surface area contributed by atoms with Crippen LogP contribution in [0.1, 0.15) is 32.4 Å². The Hall–Kier alpha value is -1.77. The highest BCUT2D eigenvalue weighted by atomic mass is 32.2. The first-order valence-electron chi connectivity index (χ1n) is 7.23. The van der Waals surface area contributed by atoms with Gasteiger partial charge >= 0.3 is 0 Å². The average molecular weight is 351 g/mol. The Morgan fingerprint density at radius 3 is 2.65 bits per heavy atom. The molecular formula is C15H17N3O3S2. The second-order valence-electron chi connectivity index (χ2n) is 5.51. The molecule has 3 rings (SSSR count). The van der Waals surface area contributed by atoms with E-state index in [9.17, 15) is 13.2 Å².